The number of nitrogens with zero attached hydrogens (tertiary/aromatic N) is 2. The van der Waals surface area contributed by atoms with E-state index >= 15 is 0 Å². The molecule has 3 rings (SSSR count). The standard InChI is InChI=1S/C16H12N2O3S/c1-22-13-7-5-10(6-8-13)14-17-18-15(21-14)11-3-2-4-12(9-11)16(19)20/h2-9H,1H3,(H,19,20). The number of carbonyl (C=O) groups is 1. The molecule has 1 heterocycles. The van der Waals surface area contributed by atoms with Crippen LogP contribution < -0.4 is 0 Å². The molecule has 0 unspecified atom stereocenters. The lowest BCUT2D eigenvalue weighted by Crippen LogP contribution is -1.95. The van der Waals surface area contributed by atoms with Gasteiger partial charge in [-0.05, 0) is 48.7 Å². The highest BCUT2D eigenvalue weighted by Gasteiger charge is 2.12. The highest BCUT2D eigenvalue weighted by molar-refractivity contribution is 7.98. The number of carboxylic acids is 1. The highest BCUT2D eigenvalue weighted by Crippen LogP contribution is 2.26. The zero-order valence-electron chi connectivity index (χ0n) is 11.7. The van der Waals surface area contributed by atoms with Crippen LogP contribution in [0.2, 0.25) is 0 Å². The van der Waals surface area contributed by atoms with Crippen molar-refractivity contribution in [2.75, 3.05) is 6.26 Å². The summed E-state index contributed by atoms with van der Waals surface area (Å²) in [6.45, 7) is 0. The number of hydrogen-bond donors (Lipinski definition) is 1. The quantitative estimate of drug-likeness (QED) is 0.738. The van der Waals surface area contributed by atoms with Crippen LogP contribution in [0.15, 0.2) is 57.8 Å². The molecule has 0 bridgehead atoms. The first kappa shape index (κ1) is 14.3. The molecule has 0 aliphatic rings. The van der Waals surface area contributed by atoms with Crippen molar-refractivity contribution in [2.24, 2.45) is 0 Å². The summed E-state index contributed by atoms with van der Waals surface area (Å²) >= 11 is 1.66. The van der Waals surface area contributed by atoms with Crippen LogP contribution in [-0.4, -0.2) is 27.5 Å². The van der Waals surface area contributed by atoms with E-state index in [2.05, 4.69) is 10.2 Å². The van der Waals surface area contributed by atoms with E-state index < -0.39 is 5.97 Å². The van der Waals surface area contributed by atoms with Gasteiger partial charge in [0, 0.05) is 16.0 Å². The molecule has 0 aliphatic heterocycles. The van der Waals surface area contributed by atoms with Crippen LogP contribution in [0.25, 0.3) is 22.9 Å². The molecule has 0 radical (unpaired) electrons. The maximum Gasteiger partial charge on any atom is 0.335 e. The van der Waals surface area contributed by atoms with Crippen molar-refractivity contribution >= 4 is 17.7 Å². The predicted octanol–water partition coefficient (Wildman–Crippen LogP) is 3.82. The minimum absolute atomic E-state index is 0.182. The number of rotatable bonds is 4. The van der Waals surface area contributed by atoms with Crippen molar-refractivity contribution in [3.05, 3.63) is 54.1 Å². The van der Waals surface area contributed by atoms with Crippen LogP contribution >= 0.6 is 11.8 Å². The minimum atomic E-state index is -0.991. The fourth-order valence-electron chi connectivity index (χ4n) is 1.98. The summed E-state index contributed by atoms with van der Waals surface area (Å²) in [6.07, 6.45) is 2.01. The molecule has 0 aliphatic carbocycles. The molecule has 0 saturated heterocycles. The van der Waals surface area contributed by atoms with Gasteiger partial charge >= 0.3 is 5.97 Å². The van der Waals surface area contributed by atoms with E-state index in [9.17, 15) is 4.79 Å². The summed E-state index contributed by atoms with van der Waals surface area (Å²) in [5.41, 5.74) is 1.59. The van der Waals surface area contributed by atoms with Crippen LogP contribution in [0.5, 0.6) is 0 Å². The summed E-state index contributed by atoms with van der Waals surface area (Å²) in [4.78, 5) is 12.2. The average molecular weight is 312 g/mol. The molecule has 1 N–H and O–H groups in total. The lowest BCUT2D eigenvalue weighted by molar-refractivity contribution is 0.0697. The fraction of sp³-hybridized carbons (Fsp3) is 0.0625. The zero-order chi connectivity index (χ0) is 15.5. The smallest absolute Gasteiger partial charge is 0.335 e. The van der Waals surface area contributed by atoms with E-state index in [1.165, 1.54) is 12.1 Å². The third-order valence-electron chi connectivity index (χ3n) is 3.12. The molecule has 110 valence electrons. The summed E-state index contributed by atoms with van der Waals surface area (Å²) in [5, 5.41) is 17.0. The van der Waals surface area contributed by atoms with E-state index in [1.807, 2.05) is 30.5 Å². The van der Waals surface area contributed by atoms with Gasteiger partial charge in [0.15, 0.2) is 0 Å². The Bertz CT molecular complexity index is 812. The summed E-state index contributed by atoms with van der Waals surface area (Å²) in [5.74, 6) is -0.287. The lowest BCUT2D eigenvalue weighted by Gasteiger charge is -1.98. The largest absolute Gasteiger partial charge is 0.478 e. The molecule has 3 aromatic rings. The molecule has 22 heavy (non-hydrogen) atoms. The first-order valence-electron chi connectivity index (χ1n) is 6.49. The number of thioether (sulfide) groups is 1. The number of benzene rings is 2. The van der Waals surface area contributed by atoms with Gasteiger partial charge in [-0.3, -0.25) is 0 Å². The van der Waals surface area contributed by atoms with Gasteiger partial charge in [-0.15, -0.1) is 22.0 Å². The Morgan fingerprint density at radius 3 is 2.36 bits per heavy atom. The maximum absolute atomic E-state index is 11.0. The number of aromatic carboxylic acids is 1. The Kier molecular flexibility index (Phi) is 3.93. The molecule has 0 spiro atoms. The normalized spacial score (nSPS) is 10.6. The molecule has 5 nitrogen and oxygen atoms in total. The second kappa shape index (κ2) is 6.03. The van der Waals surface area contributed by atoms with Gasteiger partial charge in [0.25, 0.3) is 0 Å². The van der Waals surface area contributed by atoms with Crippen molar-refractivity contribution in [1.82, 2.24) is 10.2 Å². The van der Waals surface area contributed by atoms with Crippen molar-refractivity contribution < 1.29 is 14.3 Å². The monoisotopic (exact) mass is 312 g/mol. The van der Waals surface area contributed by atoms with Crippen LogP contribution in [0.1, 0.15) is 10.4 Å². The molecule has 0 fully saturated rings. The Balaban J connectivity index is 1.93. The predicted molar refractivity (Wildman–Crippen MR) is 83.9 cm³/mol. The topological polar surface area (TPSA) is 76.2 Å². The van der Waals surface area contributed by atoms with Crippen molar-refractivity contribution in [3.8, 4) is 22.9 Å². The molecule has 0 saturated carbocycles. The minimum Gasteiger partial charge on any atom is -0.478 e. The van der Waals surface area contributed by atoms with Crippen molar-refractivity contribution in [1.29, 1.82) is 0 Å². The maximum atomic E-state index is 11.0. The molecular formula is C16H12N2O3S. The van der Waals surface area contributed by atoms with E-state index in [0.717, 1.165) is 10.5 Å². The van der Waals surface area contributed by atoms with Crippen molar-refractivity contribution in [2.45, 2.75) is 4.90 Å². The van der Waals surface area contributed by atoms with Gasteiger partial charge in [0.05, 0.1) is 5.56 Å². The third kappa shape index (κ3) is 2.87. The van der Waals surface area contributed by atoms with Gasteiger partial charge in [0.2, 0.25) is 11.8 Å². The van der Waals surface area contributed by atoms with Gasteiger partial charge in [0.1, 0.15) is 0 Å². The van der Waals surface area contributed by atoms with Gasteiger partial charge in [-0.2, -0.15) is 0 Å². The SMILES string of the molecule is CSc1ccc(-c2nnc(-c3cccc(C(=O)O)c3)o2)cc1. The molecule has 1 aromatic heterocycles. The van der Waals surface area contributed by atoms with Crippen LogP contribution in [0.4, 0.5) is 0 Å². The van der Waals surface area contributed by atoms with E-state index in [4.69, 9.17) is 9.52 Å². The van der Waals surface area contributed by atoms with Crippen LogP contribution in [-0.2, 0) is 0 Å². The molecule has 0 atom stereocenters. The number of aromatic nitrogens is 2. The van der Waals surface area contributed by atoms with Crippen molar-refractivity contribution in [3.63, 3.8) is 0 Å². The second-order valence-electron chi connectivity index (χ2n) is 4.53. The first-order valence-corrected chi connectivity index (χ1v) is 7.71. The van der Waals surface area contributed by atoms with E-state index in [0.29, 0.717) is 17.3 Å². The fourth-order valence-corrected chi connectivity index (χ4v) is 2.38. The van der Waals surface area contributed by atoms with Crippen LogP contribution in [0.3, 0.4) is 0 Å². The average Bonchev–Trinajstić information content (AvgIpc) is 3.05. The molecule has 2 aromatic carbocycles. The van der Waals surface area contributed by atoms with E-state index in [1.54, 1.807) is 23.9 Å². The number of carboxylic acid groups (broad SMARTS) is 1. The Hall–Kier alpha value is -2.60. The molecule has 6 heteroatoms. The lowest BCUT2D eigenvalue weighted by atomic mass is 10.1. The number of hydrogen-bond acceptors (Lipinski definition) is 5. The summed E-state index contributed by atoms with van der Waals surface area (Å²) < 4.78 is 5.64. The first-order chi connectivity index (χ1) is 10.7. The van der Waals surface area contributed by atoms with Gasteiger partial charge in [-0.1, -0.05) is 6.07 Å². The molecule has 0 amide bonds. The zero-order valence-corrected chi connectivity index (χ0v) is 12.5. The summed E-state index contributed by atoms with van der Waals surface area (Å²) in [6, 6.07) is 14.2. The Morgan fingerprint density at radius 1 is 1.05 bits per heavy atom. The molecular weight excluding hydrogens is 300 g/mol. The van der Waals surface area contributed by atoms with Gasteiger partial charge < -0.3 is 9.52 Å². The second-order valence-corrected chi connectivity index (χ2v) is 5.41. The van der Waals surface area contributed by atoms with Gasteiger partial charge in [-0.25, -0.2) is 4.79 Å². The highest BCUT2D eigenvalue weighted by atomic mass is 32.2. The Labute approximate surface area is 131 Å². The Morgan fingerprint density at radius 2 is 1.73 bits per heavy atom. The van der Waals surface area contributed by atoms with Crippen LogP contribution in [0, 0.1) is 0 Å². The third-order valence-corrected chi connectivity index (χ3v) is 3.86. The van der Waals surface area contributed by atoms with E-state index in [-0.39, 0.29) is 5.56 Å². The summed E-state index contributed by atoms with van der Waals surface area (Å²) in [7, 11) is 0.